The minimum Gasteiger partial charge on any atom is -0.361 e. The van der Waals surface area contributed by atoms with Gasteiger partial charge >= 0.3 is 0 Å². The number of nitrogens with zero attached hydrogens (tertiary/aromatic N) is 5. The maximum Gasteiger partial charge on any atom is 0.191 e. The second-order valence-electron chi connectivity index (χ2n) is 6.29. The summed E-state index contributed by atoms with van der Waals surface area (Å²) < 4.78 is 7.17. The van der Waals surface area contributed by atoms with Gasteiger partial charge in [0.05, 0.1) is 17.9 Å². The van der Waals surface area contributed by atoms with Crippen LogP contribution in [0, 0.1) is 0 Å². The van der Waals surface area contributed by atoms with E-state index in [2.05, 4.69) is 58.8 Å². The number of benzene rings is 1. The van der Waals surface area contributed by atoms with Crippen LogP contribution in [0.25, 0.3) is 5.69 Å². The molecule has 0 atom stereocenters. The number of nitrogens with one attached hydrogen (secondary N) is 2. The molecule has 0 radical (unpaired) electrons. The molecule has 2 heterocycles. The minimum absolute atomic E-state index is 0. The molecule has 0 aliphatic carbocycles. The van der Waals surface area contributed by atoms with Gasteiger partial charge in [-0.1, -0.05) is 31.1 Å². The average Bonchev–Trinajstić information content (AvgIpc) is 3.40. The SMILES string of the molecule is CCNC(=NCc1ccc(-n2cncn2)cc1)NCc1c(CC)noc1CC.I. The third-order valence-electron chi connectivity index (χ3n) is 4.42. The van der Waals surface area contributed by atoms with Crippen molar-refractivity contribution >= 4 is 29.9 Å². The lowest BCUT2D eigenvalue weighted by atomic mass is 10.1. The summed E-state index contributed by atoms with van der Waals surface area (Å²) in [6.07, 6.45) is 4.89. The predicted molar refractivity (Wildman–Crippen MR) is 124 cm³/mol. The fourth-order valence-corrected chi connectivity index (χ4v) is 2.92. The van der Waals surface area contributed by atoms with Gasteiger partial charge in [-0.15, -0.1) is 24.0 Å². The molecule has 1 aromatic carbocycles. The fourth-order valence-electron chi connectivity index (χ4n) is 2.92. The maximum atomic E-state index is 5.44. The smallest absolute Gasteiger partial charge is 0.191 e. The molecule has 2 N–H and O–H groups in total. The van der Waals surface area contributed by atoms with Crippen molar-refractivity contribution in [2.75, 3.05) is 6.54 Å². The first-order chi connectivity index (χ1) is 13.7. The van der Waals surface area contributed by atoms with Gasteiger partial charge in [0.15, 0.2) is 5.96 Å². The van der Waals surface area contributed by atoms with E-state index in [1.165, 1.54) is 6.33 Å². The number of halogens is 1. The molecule has 0 unspecified atom stereocenters. The van der Waals surface area contributed by atoms with E-state index in [4.69, 9.17) is 9.52 Å². The average molecular weight is 509 g/mol. The maximum absolute atomic E-state index is 5.44. The molecule has 0 amide bonds. The van der Waals surface area contributed by atoms with E-state index in [1.807, 2.05) is 12.1 Å². The van der Waals surface area contributed by atoms with Crippen LogP contribution in [-0.4, -0.2) is 32.4 Å². The lowest BCUT2D eigenvalue weighted by molar-refractivity contribution is 0.380. The topological polar surface area (TPSA) is 93.2 Å². The molecule has 0 fully saturated rings. The Balaban J connectivity index is 0.00000300. The van der Waals surface area contributed by atoms with Crippen molar-refractivity contribution in [1.29, 1.82) is 0 Å². The zero-order chi connectivity index (χ0) is 19.8. The van der Waals surface area contributed by atoms with Gasteiger partial charge in [0.1, 0.15) is 18.4 Å². The molecule has 2 aromatic heterocycles. The third-order valence-corrected chi connectivity index (χ3v) is 4.42. The van der Waals surface area contributed by atoms with Crippen molar-refractivity contribution in [2.45, 2.75) is 46.7 Å². The Morgan fingerprint density at radius 1 is 1.10 bits per heavy atom. The van der Waals surface area contributed by atoms with Crippen molar-refractivity contribution in [1.82, 2.24) is 30.6 Å². The Morgan fingerprint density at radius 3 is 2.52 bits per heavy atom. The summed E-state index contributed by atoms with van der Waals surface area (Å²) >= 11 is 0. The summed E-state index contributed by atoms with van der Waals surface area (Å²) in [6.45, 7) is 8.24. The molecule has 156 valence electrons. The van der Waals surface area contributed by atoms with Crippen molar-refractivity contribution < 1.29 is 4.52 Å². The molecule has 29 heavy (non-hydrogen) atoms. The lowest BCUT2D eigenvalue weighted by Gasteiger charge is -2.12. The van der Waals surface area contributed by atoms with Gasteiger partial charge in [-0.2, -0.15) is 5.10 Å². The quantitative estimate of drug-likeness (QED) is 0.275. The first kappa shape index (κ1) is 22.9. The van der Waals surface area contributed by atoms with Crippen LogP contribution in [0.1, 0.15) is 43.4 Å². The van der Waals surface area contributed by atoms with E-state index < -0.39 is 0 Å². The zero-order valence-electron chi connectivity index (χ0n) is 17.1. The Hall–Kier alpha value is -2.43. The van der Waals surface area contributed by atoms with Gasteiger partial charge in [-0.05, 0) is 31.0 Å². The molecule has 0 aliphatic heterocycles. The van der Waals surface area contributed by atoms with Crippen LogP contribution in [-0.2, 0) is 25.9 Å². The predicted octanol–water partition coefficient (Wildman–Crippen LogP) is 3.25. The van der Waals surface area contributed by atoms with Gasteiger partial charge in [0.2, 0.25) is 0 Å². The van der Waals surface area contributed by atoms with E-state index in [1.54, 1.807) is 11.0 Å². The Labute approximate surface area is 188 Å². The van der Waals surface area contributed by atoms with Crippen LogP contribution >= 0.6 is 24.0 Å². The van der Waals surface area contributed by atoms with Crippen LogP contribution in [0.2, 0.25) is 0 Å². The van der Waals surface area contributed by atoms with E-state index in [9.17, 15) is 0 Å². The first-order valence-electron chi connectivity index (χ1n) is 9.67. The molecule has 3 aromatic rings. The Kier molecular flexibility index (Phi) is 9.10. The molecule has 8 nitrogen and oxygen atoms in total. The Bertz CT molecular complexity index is 867. The largest absolute Gasteiger partial charge is 0.361 e. The highest BCUT2D eigenvalue weighted by molar-refractivity contribution is 14.0. The second kappa shape index (κ2) is 11.5. The number of aromatic nitrogens is 4. The molecule has 3 rings (SSSR count). The second-order valence-corrected chi connectivity index (χ2v) is 6.29. The molecule has 0 bridgehead atoms. The molecule has 0 saturated carbocycles. The summed E-state index contributed by atoms with van der Waals surface area (Å²) in [4.78, 5) is 8.66. The molecular formula is C20H28IN7O. The summed E-state index contributed by atoms with van der Waals surface area (Å²) in [5.74, 6) is 1.71. The van der Waals surface area contributed by atoms with Crippen molar-refractivity contribution in [3.8, 4) is 5.69 Å². The highest BCUT2D eigenvalue weighted by atomic mass is 127. The number of hydrogen-bond acceptors (Lipinski definition) is 5. The van der Waals surface area contributed by atoms with Gasteiger partial charge in [0, 0.05) is 25.1 Å². The molecular weight excluding hydrogens is 481 g/mol. The van der Waals surface area contributed by atoms with Gasteiger partial charge < -0.3 is 15.2 Å². The number of rotatable bonds is 8. The normalized spacial score (nSPS) is 11.2. The summed E-state index contributed by atoms with van der Waals surface area (Å²) in [5.41, 5.74) is 4.23. The zero-order valence-corrected chi connectivity index (χ0v) is 19.4. The number of aliphatic imine (C=N–C) groups is 1. The van der Waals surface area contributed by atoms with E-state index in [-0.39, 0.29) is 24.0 Å². The van der Waals surface area contributed by atoms with Gasteiger partial charge in [-0.25, -0.2) is 14.7 Å². The molecule has 9 heteroatoms. The Morgan fingerprint density at radius 2 is 1.90 bits per heavy atom. The van der Waals surface area contributed by atoms with E-state index in [0.29, 0.717) is 13.1 Å². The molecule has 0 aliphatic rings. The highest BCUT2D eigenvalue weighted by Gasteiger charge is 2.13. The number of guanidine groups is 1. The van der Waals surface area contributed by atoms with Crippen LogP contribution in [0.4, 0.5) is 0 Å². The lowest BCUT2D eigenvalue weighted by Crippen LogP contribution is -2.37. The first-order valence-corrected chi connectivity index (χ1v) is 9.67. The van der Waals surface area contributed by atoms with Gasteiger partial charge in [0.25, 0.3) is 0 Å². The minimum atomic E-state index is 0. The van der Waals surface area contributed by atoms with Crippen LogP contribution in [0.3, 0.4) is 0 Å². The number of hydrogen-bond donors (Lipinski definition) is 2. The van der Waals surface area contributed by atoms with Crippen molar-refractivity contribution in [2.24, 2.45) is 4.99 Å². The summed E-state index contributed by atoms with van der Waals surface area (Å²) in [6, 6.07) is 8.12. The van der Waals surface area contributed by atoms with Crippen molar-refractivity contribution in [3.05, 3.63) is 59.5 Å². The van der Waals surface area contributed by atoms with Crippen molar-refractivity contribution in [3.63, 3.8) is 0 Å². The van der Waals surface area contributed by atoms with E-state index >= 15 is 0 Å². The fraction of sp³-hybridized carbons (Fsp3) is 0.400. The summed E-state index contributed by atoms with van der Waals surface area (Å²) in [5, 5.41) is 15.0. The summed E-state index contributed by atoms with van der Waals surface area (Å²) in [7, 11) is 0. The molecule has 0 spiro atoms. The van der Waals surface area contributed by atoms with Crippen LogP contribution in [0.5, 0.6) is 0 Å². The monoisotopic (exact) mass is 509 g/mol. The van der Waals surface area contributed by atoms with Crippen LogP contribution in [0.15, 0.2) is 46.4 Å². The number of aryl methyl sites for hydroxylation is 2. The highest BCUT2D eigenvalue weighted by Crippen LogP contribution is 2.15. The molecule has 0 saturated heterocycles. The standard InChI is InChI=1S/C20H27N7O.HI/c1-4-18-17(19(5-2)28-26-18)12-24-20(22-6-3)23-11-15-7-9-16(10-8-15)27-14-21-13-25-27;/h7-10,13-14H,4-6,11-12H2,1-3H3,(H2,22,23,24);1H. The van der Waals surface area contributed by atoms with E-state index in [0.717, 1.165) is 53.6 Å². The van der Waals surface area contributed by atoms with Gasteiger partial charge in [-0.3, -0.25) is 0 Å². The third kappa shape index (κ3) is 6.02. The van der Waals surface area contributed by atoms with Crippen LogP contribution < -0.4 is 10.6 Å².